The summed E-state index contributed by atoms with van der Waals surface area (Å²) in [4.78, 5) is 15.1. The number of methoxy groups -OCH3 is 1. The summed E-state index contributed by atoms with van der Waals surface area (Å²) in [5.41, 5.74) is 11.2. The first kappa shape index (κ1) is 16.5. The van der Waals surface area contributed by atoms with E-state index in [4.69, 9.17) is 10.3 Å². The molecular weight excluding hydrogens is 318 g/mol. The van der Waals surface area contributed by atoms with Crippen molar-refractivity contribution in [3.63, 3.8) is 0 Å². The summed E-state index contributed by atoms with van der Waals surface area (Å²) in [6, 6.07) is 17.0. The molecule has 1 aliphatic rings. The number of azide groups is 1. The average Bonchev–Trinajstić information content (AvgIpc) is 3.12. The number of ether oxygens (including phenoxy) is 1. The molecule has 7 heteroatoms. The number of amides is 1. The van der Waals surface area contributed by atoms with Crippen LogP contribution in [-0.4, -0.2) is 30.3 Å². The van der Waals surface area contributed by atoms with E-state index in [2.05, 4.69) is 15.1 Å². The van der Waals surface area contributed by atoms with Crippen molar-refractivity contribution in [1.82, 2.24) is 5.01 Å². The number of hydrogen-bond donors (Lipinski definition) is 0. The summed E-state index contributed by atoms with van der Waals surface area (Å²) in [6.45, 7) is -0.255. The van der Waals surface area contributed by atoms with Gasteiger partial charge in [-0.1, -0.05) is 47.6 Å². The second kappa shape index (κ2) is 7.51. The molecule has 0 bridgehead atoms. The van der Waals surface area contributed by atoms with Gasteiger partial charge in [0.05, 0.1) is 18.9 Å². The smallest absolute Gasteiger partial charge is 0.249 e. The molecule has 126 valence electrons. The third kappa shape index (κ3) is 3.62. The van der Waals surface area contributed by atoms with Gasteiger partial charge in [0.15, 0.2) is 0 Å². The monoisotopic (exact) mass is 335 g/mol. The van der Waals surface area contributed by atoms with Crippen LogP contribution in [0.3, 0.4) is 0 Å². The molecule has 0 aliphatic carbocycles. The summed E-state index contributed by atoms with van der Waals surface area (Å²) >= 11 is 0. The van der Waals surface area contributed by atoms with E-state index in [1.165, 1.54) is 5.01 Å². The normalized spacial score (nSPS) is 16.1. The van der Waals surface area contributed by atoms with E-state index >= 15 is 0 Å². The Morgan fingerprint density at radius 1 is 1.28 bits per heavy atom. The van der Waals surface area contributed by atoms with Gasteiger partial charge in [-0.15, -0.1) is 0 Å². The lowest BCUT2D eigenvalue weighted by Gasteiger charge is -2.21. The minimum absolute atomic E-state index is 0.234. The lowest BCUT2D eigenvalue weighted by molar-refractivity contribution is -0.131. The molecular formula is C18H17N5O2. The molecule has 0 spiro atoms. The Kier molecular flexibility index (Phi) is 4.97. The van der Waals surface area contributed by atoms with Crippen LogP contribution in [0, 0.1) is 0 Å². The zero-order chi connectivity index (χ0) is 17.6. The lowest BCUT2D eigenvalue weighted by atomic mass is 9.98. The topological polar surface area (TPSA) is 90.7 Å². The van der Waals surface area contributed by atoms with Gasteiger partial charge in [0, 0.05) is 11.3 Å². The summed E-state index contributed by atoms with van der Waals surface area (Å²) in [5.74, 6) is 0.419. The maximum atomic E-state index is 12.4. The van der Waals surface area contributed by atoms with Crippen molar-refractivity contribution in [3.05, 3.63) is 76.2 Å². The summed E-state index contributed by atoms with van der Waals surface area (Å²) in [6.07, 6.45) is 0.596. The molecule has 0 unspecified atom stereocenters. The number of hydrazone groups is 1. The van der Waals surface area contributed by atoms with Crippen LogP contribution in [0.1, 0.15) is 23.6 Å². The van der Waals surface area contributed by atoms with Crippen LogP contribution in [0.15, 0.2) is 64.8 Å². The first-order chi connectivity index (χ1) is 12.2. The van der Waals surface area contributed by atoms with Crippen molar-refractivity contribution in [2.24, 2.45) is 10.2 Å². The van der Waals surface area contributed by atoms with Crippen molar-refractivity contribution in [2.45, 2.75) is 12.5 Å². The van der Waals surface area contributed by atoms with Crippen molar-refractivity contribution in [1.29, 1.82) is 0 Å². The Morgan fingerprint density at radius 3 is 2.64 bits per heavy atom. The molecule has 0 saturated carbocycles. The zero-order valence-corrected chi connectivity index (χ0v) is 13.7. The van der Waals surface area contributed by atoms with E-state index < -0.39 is 0 Å². The zero-order valence-electron chi connectivity index (χ0n) is 13.7. The van der Waals surface area contributed by atoms with Crippen LogP contribution in [0.25, 0.3) is 10.4 Å². The maximum Gasteiger partial charge on any atom is 0.249 e. The number of hydrogen-bond acceptors (Lipinski definition) is 4. The Labute approximate surface area is 145 Å². The van der Waals surface area contributed by atoms with Crippen LogP contribution >= 0.6 is 0 Å². The fourth-order valence-electron chi connectivity index (χ4n) is 2.80. The molecule has 0 aromatic heterocycles. The molecule has 2 aromatic rings. The highest BCUT2D eigenvalue weighted by Gasteiger charge is 2.32. The molecule has 1 heterocycles. The quantitative estimate of drug-likeness (QED) is 0.474. The van der Waals surface area contributed by atoms with E-state index in [-0.39, 0.29) is 18.5 Å². The minimum atomic E-state index is -0.329. The van der Waals surface area contributed by atoms with Crippen LogP contribution in [0.5, 0.6) is 5.75 Å². The molecule has 2 aromatic carbocycles. The van der Waals surface area contributed by atoms with Crippen molar-refractivity contribution < 1.29 is 9.53 Å². The Morgan fingerprint density at radius 2 is 2.00 bits per heavy atom. The molecule has 1 atom stereocenters. The standard InChI is InChI=1S/C18H17N5O2/c1-25-15-9-7-14(8-10-15)17-11-16(13-5-3-2-4-6-13)21-23(17)18(24)12-20-22-19/h2-10,17H,11-12H2,1H3/t17-/m0/s1. The second-order valence-electron chi connectivity index (χ2n) is 5.53. The predicted molar refractivity (Wildman–Crippen MR) is 94.2 cm³/mol. The molecule has 7 nitrogen and oxygen atoms in total. The summed E-state index contributed by atoms with van der Waals surface area (Å²) < 4.78 is 5.19. The van der Waals surface area contributed by atoms with Gasteiger partial charge in [-0.2, -0.15) is 5.10 Å². The molecule has 0 fully saturated rings. The second-order valence-corrected chi connectivity index (χ2v) is 5.53. The van der Waals surface area contributed by atoms with Crippen LogP contribution < -0.4 is 4.74 Å². The van der Waals surface area contributed by atoms with Crippen LogP contribution in [0.2, 0.25) is 0 Å². The van der Waals surface area contributed by atoms with Gasteiger partial charge in [0.2, 0.25) is 5.91 Å². The molecule has 0 saturated heterocycles. The van der Waals surface area contributed by atoms with Gasteiger partial charge in [0.25, 0.3) is 0 Å². The van der Waals surface area contributed by atoms with Gasteiger partial charge in [-0.25, -0.2) is 5.01 Å². The van der Waals surface area contributed by atoms with Gasteiger partial charge in [-0.05, 0) is 28.8 Å². The number of carbonyl (C=O) groups is 1. The highest BCUT2D eigenvalue weighted by Crippen LogP contribution is 2.33. The number of carbonyl (C=O) groups excluding carboxylic acids is 1. The first-order valence-corrected chi connectivity index (χ1v) is 7.82. The van der Waals surface area contributed by atoms with Gasteiger partial charge >= 0.3 is 0 Å². The van der Waals surface area contributed by atoms with Crippen molar-refractivity contribution >= 4 is 11.6 Å². The number of rotatable bonds is 5. The molecule has 0 N–H and O–H groups in total. The Hall–Kier alpha value is -3.31. The Bertz CT molecular complexity index is 826. The fourth-order valence-corrected chi connectivity index (χ4v) is 2.80. The Balaban J connectivity index is 1.92. The van der Waals surface area contributed by atoms with E-state index in [0.29, 0.717) is 6.42 Å². The van der Waals surface area contributed by atoms with Crippen LogP contribution in [-0.2, 0) is 4.79 Å². The van der Waals surface area contributed by atoms with Gasteiger partial charge < -0.3 is 4.74 Å². The highest BCUT2D eigenvalue weighted by molar-refractivity contribution is 6.03. The average molecular weight is 335 g/mol. The van der Waals surface area contributed by atoms with Gasteiger partial charge in [-0.3, -0.25) is 4.79 Å². The molecule has 25 heavy (non-hydrogen) atoms. The molecule has 0 radical (unpaired) electrons. The minimum Gasteiger partial charge on any atom is -0.497 e. The van der Waals surface area contributed by atoms with Crippen LogP contribution in [0.4, 0.5) is 0 Å². The summed E-state index contributed by atoms with van der Waals surface area (Å²) in [7, 11) is 1.61. The predicted octanol–water partition coefficient (Wildman–Crippen LogP) is 3.68. The molecule has 3 rings (SSSR count). The maximum absolute atomic E-state index is 12.4. The van der Waals surface area contributed by atoms with E-state index in [1.54, 1.807) is 7.11 Å². The molecule has 1 amide bonds. The highest BCUT2D eigenvalue weighted by atomic mass is 16.5. The van der Waals surface area contributed by atoms with E-state index in [0.717, 1.165) is 22.6 Å². The number of benzene rings is 2. The number of nitrogens with zero attached hydrogens (tertiary/aromatic N) is 5. The first-order valence-electron chi connectivity index (χ1n) is 7.82. The third-order valence-electron chi connectivity index (χ3n) is 4.04. The third-order valence-corrected chi connectivity index (χ3v) is 4.04. The SMILES string of the molecule is COc1ccc([C@@H]2CC(c3ccccc3)=NN2C(=O)CN=[N+]=[N-])cc1. The summed E-state index contributed by atoms with van der Waals surface area (Å²) in [5, 5.41) is 9.28. The van der Waals surface area contributed by atoms with Gasteiger partial charge in [0.1, 0.15) is 12.3 Å². The van der Waals surface area contributed by atoms with Crippen molar-refractivity contribution in [2.75, 3.05) is 13.7 Å². The fraction of sp³-hybridized carbons (Fsp3) is 0.222. The lowest BCUT2D eigenvalue weighted by Crippen LogP contribution is -2.28. The van der Waals surface area contributed by atoms with Crippen molar-refractivity contribution in [3.8, 4) is 5.75 Å². The van der Waals surface area contributed by atoms with E-state index in [1.807, 2.05) is 54.6 Å². The van der Waals surface area contributed by atoms with E-state index in [9.17, 15) is 4.79 Å². The largest absolute Gasteiger partial charge is 0.497 e. The molecule has 1 aliphatic heterocycles.